The lowest BCUT2D eigenvalue weighted by molar-refractivity contribution is 0.0374. The molecule has 0 bridgehead atoms. The zero-order valence-corrected chi connectivity index (χ0v) is 14.5. The highest BCUT2D eigenvalue weighted by Crippen LogP contribution is 2.15. The first-order valence-electron chi connectivity index (χ1n) is 8.94. The van der Waals surface area contributed by atoms with Crippen molar-refractivity contribution in [2.45, 2.75) is 6.42 Å². The molecule has 26 heavy (non-hydrogen) atoms. The molecule has 3 heterocycles. The number of amides is 1. The van der Waals surface area contributed by atoms with Gasteiger partial charge in [0.25, 0.3) is 11.5 Å². The number of aromatic nitrogens is 2. The van der Waals surface area contributed by atoms with E-state index < -0.39 is 0 Å². The van der Waals surface area contributed by atoms with Gasteiger partial charge in [0.05, 0.1) is 24.2 Å². The van der Waals surface area contributed by atoms with Gasteiger partial charge in [-0.3, -0.25) is 14.5 Å². The Morgan fingerprint density at radius 3 is 2.88 bits per heavy atom. The Hall–Kier alpha value is -2.64. The van der Waals surface area contributed by atoms with Crippen LogP contribution in [0.3, 0.4) is 0 Å². The van der Waals surface area contributed by atoms with Crippen molar-refractivity contribution in [3.63, 3.8) is 0 Å². The normalized spacial score (nSPS) is 15.5. The number of rotatable bonds is 5. The van der Waals surface area contributed by atoms with Crippen LogP contribution in [0.15, 0.2) is 41.3 Å². The van der Waals surface area contributed by atoms with Crippen LogP contribution in [0, 0.1) is 0 Å². The molecule has 0 saturated carbocycles. The van der Waals surface area contributed by atoms with E-state index in [0.717, 1.165) is 44.8 Å². The lowest BCUT2D eigenvalue weighted by Gasteiger charge is -2.26. The Kier molecular flexibility index (Phi) is 4.73. The van der Waals surface area contributed by atoms with E-state index in [2.05, 4.69) is 15.2 Å². The zero-order chi connectivity index (χ0) is 17.9. The Balaban J connectivity index is 1.42. The second-order valence-corrected chi connectivity index (χ2v) is 6.51. The second-order valence-electron chi connectivity index (χ2n) is 6.51. The maximum absolute atomic E-state index is 12.4. The van der Waals surface area contributed by atoms with E-state index in [4.69, 9.17) is 4.74 Å². The van der Waals surface area contributed by atoms with Crippen LogP contribution in [-0.4, -0.2) is 59.6 Å². The molecule has 0 aliphatic carbocycles. The monoisotopic (exact) mass is 354 g/mol. The number of nitrogens with zero attached hydrogens (tertiary/aromatic N) is 2. The molecule has 2 aromatic heterocycles. The number of carbonyl (C=O) groups excluding carboxylic acids is 1. The van der Waals surface area contributed by atoms with Gasteiger partial charge in [-0.1, -0.05) is 0 Å². The summed E-state index contributed by atoms with van der Waals surface area (Å²) in [4.78, 5) is 29.7. The van der Waals surface area contributed by atoms with Gasteiger partial charge in [0, 0.05) is 31.4 Å². The van der Waals surface area contributed by atoms with E-state index in [1.165, 1.54) is 0 Å². The second kappa shape index (κ2) is 7.31. The number of morpholine rings is 1. The third-order valence-electron chi connectivity index (χ3n) is 4.79. The number of nitrogens with one attached hydrogen (secondary N) is 2. The summed E-state index contributed by atoms with van der Waals surface area (Å²) >= 11 is 0. The summed E-state index contributed by atoms with van der Waals surface area (Å²) in [5, 5.41) is 2.95. The largest absolute Gasteiger partial charge is 0.379 e. The Morgan fingerprint density at radius 1 is 1.19 bits per heavy atom. The molecule has 0 radical (unpaired) electrons. The van der Waals surface area contributed by atoms with Crippen molar-refractivity contribution in [3.8, 4) is 0 Å². The minimum atomic E-state index is -0.162. The molecule has 0 atom stereocenters. The van der Waals surface area contributed by atoms with Crippen molar-refractivity contribution < 1.29 is 9.53 Å². The molecule has 1 amide bonds. The number of benzene rings is 1. The van der Waals surface area contributed by atoms with Crippen LogP contribution in [0.5, 0.6) is 0 Å². The van der Waals surface area contributed by atoms with Gasteiger partial charge < -0.3 is 19.4 Å². The highest BCUT2D eigenvalue weighted by Gasteiger charge is 2.11. The molecule has 1 aliphatic rings. The summed E-state index contributed by atoms with van der Waals surface area (Å²) in [7, 11) is 0. The highest BCUT2D eigenvalue weighted by atomic mass is 16.5. The summed E-state index contributed by atoms with van der Waals surface area (Å²) in [6.45, 7) is 5.08. The smallest absolute Gasteiger partial charge is 0.272 e. The Bertz CT molecular complexity index is 985. The number of hydrogen-bond acceptors (Lipinski definition) is 4. The molecule has 4 rings (SSSR count). The molecular weight excluding hydrogens is 332 g/mol. The zero-order valence-electron chi connectivity index (χ0n) is 14.5. The van der Waals surface area contributed by atoms with Gasteiger partial charge in [0.15, 0.2) is 0 Å². The van der Waals surface area contributed by atoms with Crippen LogP contribution < -0.4 is 10.9 Å². The van der Waals surface area contributed by atoms with Gasteiger partial charge in [0.2, 0.25) is 0 Å². The number of carbonyl (C=O) groups is 1. The lowest BCUT2D eigenvalue weighted by atomic mass is 10.1. The van der Waals surface area contributed by atoms with E-state index in [1.54, 1.807) is 18.2 Å². The van der Waals surface area contributed by atoms with Crippen LogP contribution in [0.2, 0.25) is 0 Å². The first kappa shape index (κ1) is 16.8. The van der Waals surface area contributed by atoms with Gasteiger partial charge in [-0.2, -0.15) is 0 Å². The number of aromatic amines is 1. The average molecular weight is 354 g/mol. The molecule has 2 N–H and O–H groups in total. The topological polar surface area (TPSA) is 78.8 Å². The van der Waals surface area contributed by atoms with Crippen LogP contribution in [0.25, 0.3) is 16.6 Å². The van der Waals surface area contributed by atoms with E-state index in [-0.39, 0.29) is 11.5 Å². The molecule has 1 saturated heterocycles. The summed E-state index contributed by atoms with van der Waals surface area (Å²) < 4.78 is 7.16. The minimum Gasteiger partial charge on any atom is -0.379 e. The molecular formula is C19H22N4O3. The molecule has 7 heteroatoms. The minimum absolute atomic E-state index is 0.123. The molecule has 136 valence electrons. The fraction of sp³-hybridized carbons (Fsp3) is 0.368. The fourth-order valence-electron chi connectivity index (χ4n) is 3.38. The van der Waals surface area contributed by atoms with Crippen LogP contribution in [-0.2, 0) is 4.74 Å². The SMILES string of the molecule is O=C(NCCCN1CCOCC1)c1ccc2c(c1)[nH]c(=O)c1cccn12. The third kappa shape index (κ3) is 3.36. The first-order chi connectivity index (χ1) is 12.7. The summed E-state index contributed by atoms with van der Waals surface area (Å²) in [6.07, 6.45) is 2.75. The van der Waals surface area contributed by atoms with E-state index in [0.29, 0.717) is 23.1 Å². The maximum atomic E-state index is 12.4. The number of fused-ring (bicyclic) bond motifs is 3. The van der Waals surface area contributed by atoms with E-state index >= 15 is 0 Å². The highest BCUT2D eigenvalue weighted by molar-refractivity contribution is 5.97. The Morgan fingerprint density at radius 2 is 2.04 bits per heavy atom. The van der Waals surface area contributed by atoms with Crippen molar-refractivity contribution in [1.29, 1.82) is 0 Å². The van der Waals surface area contributed by atoms with Crippen molar-refractivity contribution in [2.75, 3.05) is 39.4 Å². The molecule has 7 nitrogen and oxygen atoms in total. The van der Waals surface area contributed by atoms with Crippen LogP contribution in [0.4, 0.5) is 0 Å². The average Bonchev–Trinajstić information content (AvgIpc) is 3.16. The van der Waals surface area contributed by atoms with Crippen molar-refractivity contribution in [2.24, 2.45) is 0 Å². The maximum Gasteiger partial charge on any atom is 0.272 e. The number of ether oxygens (including phenoxy) is 1. The number of hydrogen-bond donors (Lipinski definition) is 2. The van der Waals surface area contributed by atoms with Gasteiger partial charge in [-0.15, -0.1) is 0 Å². The third-order valence-corrected chi connectivity index (χ3v) is 4.79. The quantitative estimate of drug-likeness (QED) is 0.676. The summed E-state index contributed by atoms with van der Waals surface area (Å²) in [5.41, 5.74) is 2.50. The molecule has 1 aliphatic heterocycles. The van der Waals surface area contributed by atoms with Gasteiger partial charge >= 0.3 is 0 Å². The fourth-order valence-corrected chi connectivity index (χ4v) is 3.38. The van der Waals surface area contributed by atoms with Crippen molar-refractivity contribution in [1.82, 2.24) is 19.6 Å². The summed E-state index contributed by atoms with van der Waals surface area (Å²) in [5.74, 6) is -0.123. The van der Waals surface area contributed by atoms with Crippen LogP contribution >= 0.6 is 0 Å². The molecule has 1 fully saturated rings. The van der Waals surface area contributed by atoms with Crippen LogP contribution in [0.1, 0.15) is 16.8 Å². The first-order valence-corrected chi connectivity index (χ1v) is 8.94. The molecule has 0 spiro atoms. The lowest BCUT2D eigenvalue weighted by Crippen LogP contribution is -2.38. The standard InChI is InChI=1S/C19H22N4O3/c24-18(20-6-2-7-22-9-11-26-12-10-22)14-4-5-16-15(13-14)21-19(25)17-3-1-8-23(16)17/h1,3-5,8,13H,2,6-7,9-12H2,(H,20,24)(H,21,25). The Labute approximate surface area is 150 Å². The van der Waals surface area contributed by atoms with Crippen molar-refractivity contribution >= 4 is 22.5 Å². The van der Waals surface area contributed by atoms with E-state index in [1.807, 2.05) is 22.7 Å². The van der Waals surface area contributed by atoms with Gasteiger partial charge in [-0.25, -0.2) is 0 Å². The van der Waals surface area contributed by atoms with Gasteiger partial charge in [-0.05, 0) is 43.3 Å². The summed E-state index contributed by atoms with van der Waals surface area (Å²) in [6, 6.07) is 8.98. The predicted octanol–water partition coefficient (Wildman–Crippen LogP) is 1.23. The van der Waals surface area contributed by atoms with Crippen molar-refractivity contribution in [3.05, 3.63) is 52.4 Å². The van der Waals surface area contributed by atoms with Gasteiger partial charge in [0.1, 0.15) is 5.52 Å². The molecule has 0 unspecified atom stereocenters. The number of H-pyrrole nitrogens is 1. The van der Waals surface area contributed by atoms with E-state index in [9.17, 15) is 9.59 Å². The molecule has 3 aromatic rings. The predicted molar refractivity (Wildman–Crippen MR) is 99.7 cm³/mol. The molecule has 1 aromatic carbocycles.